The fourth-order valence-corrected chi connectivity index (χ4v) is 2.55. The van der Waals surface area contributed by atoms with Gasteiger partial charge in [-0.3, -0.25) is 4.90 Å². The van der Waals surface area contributed by atoms with Crippen molar-refractivity contribution in [1.29, 1.82) is 0 Å². The van der Waals surface area contributed by atoms with Gasteiger partial charge >= 0.3 is 0 Å². The maximum atomic E-state index is 6.16. The van der Waals surface area contributed by atoms with Gasteiger partial charge in [0.15, 0.2) is 0 Å². The Morgan fingerprint density at radius 2 is 1.94 bits per heavy atom. The first kappa shape index (κ1) is 15.3. The van der Waals surface area contributed by atoms with Crippen molar-refractivity contribution in [3.8, 4) is 0 Å². The van der Waals surface area contributed by atoms with Crippen LogP contribution in [0.25, 0.3) is 0 Å². The lowest BCUT2D eigenvalue weighted by Crippen LogP contribution is -2.41. The van der Waals surface area contributed by atoms with Crippen LogP contribution in [0.5, 0.6) is 0 Å². The maximum absolute atomic E-state index is 6.16. The third-order valence-corrected chi connectivity index (χ3v) is 3.78. The second-order valence-corrected chi connectivity index (χ2v) is 5.09. The minimum Gasteiger partial charge on any atom is -0.468 e. The SMILES string of the molecule is CCC(CC)CN(CC)C(c1ccco1)C(C)N. The molecular weight excluding hydrogens is 224 g/mol. The minimum atomic E-state index is 0.0745. The second-order valence-electron chi connectivity index (χ2n) is 5.09. The molecule has 0 amide bonds. The van der Waals surface area contributed by atoms with E-state index >= 15 is 0 Å². The van der Waals surface area contributed by atoms with Crippen molar-refractivity contribution in [2.45, 2.75) is 52.6 Å². The van der Waals surface area contributed by atoms with Crippen LogP contribution >= 0.6 is 0 Å². The lowest BCUT2D eigenvalue weighted by atomic mass is 9.99. The first-order valence-electron chi connectivity index (χ1n) is 7.16. The molecule has 1 aromatic rings. The molecule has 2 atom stereocenters. The fraction of sp³-hybridized carbons (Fsp3) is 0.733. The van der Waals surface area contributed by atoms with Gasteiger partial charge in [-0.2, -0.15) is 0 Å². The normalized spacial score (nSPS) is 15.3. The van der Waals surface area contributed by atoms with Gasteiger partial charge in [-0.1, -0.05) is 33.6 Å². The van der Waals surface area contributed by atoms with Crippen molar-refractivity contribution in [2.75, 3.05) is 13.1 Å². The molecule has 2 N–H and O–H groups in total. The molecule has 0 saturated heterocycles. The van der Waals surface area contributed by atoms with E-state index in [1.54, 1.807) is 6.26 Å². The van der Waals surface area contributed by atoms with Gasteiger partial charge in [0.05, 0.1) is 12.3 Å². The van der Waals surface area contributed by atoms with Gasteiger partial charge in [0.25, 0.3) is 0 Å². The largest absolute Gasteiger partial charge is 0.468 e. The summed E-state index contributed by atoms with van der Waals surface area (Å²) in [5.74, 6) is 1.72. The molecule has 3 nitrogen and oxygen atoms in total. The Kier molecular flexibility index (Phi) is 6.44. The van der Waals surface area contributed by atoms with Gasteiger partial charge in [0.1, 0.15) is 5.76 Å². The molecule has 1 heterocycles. The van der Waals surface area contributed by atoms with Gasteiger partial charge in [-0.15, -0.1) is 0 Å². The van der Waals surface area contributed by atoms with Gasteiger partial charge in [-0.05, 0) is 31.5 Å². The average Bonchev–Trinajstić information content (AvgIpc) is 2.87. The van der Waals surface area contributed by atoms with Gasteiger partial charge in [-0.25, -0.2) is 0 Å². The van der Waals surface area contributed by atoms with Crippen LogP contribution in [0.2, 0.25) is 0 Å². The highest BCUT2D eigenvalue weighted by atomic mass is 16.3. The molecule has 0 fully saturated rings. The molecule has 0 radical (unpaired) electrons. The Morgan fingerprint density at radius 1 is 1.28 bits per heavy atom. The lowest BCUT2D eigenvalue weighted by Gasteiger charge is -2.34. The summed E-state index contributed by atoms with van der Waals surface area (Å²) in [5.41, 5.74) is 6.16. The lowest BCUT2D eigenvalue weighted by molar-refractivity contribution is 0.135. The summed E-state index contributed by atoms with van der Waals surface area (Å²) in [6, 6.07) is 4.23. The molecule has 104 valence electrons. The third kappa shape index (κ3) is 3.85. The maximum Gasteiger partial charge on any atom is 0.122 e. The Labute approximate surface area is 111 Å². The van der Waals surface area contributed by atoms with Gasteiger partial charge in [0, 0.05) is 12.6 Å². The van der Waals surface area contributed by atoms with Crippen molar-refractivity contribution in [2.24, 2.45) is 11.7 Å². The van der Waals surface area contributed by atoms with Crippen LogP contribution < -0.4 is 5.73 Å². The van der Waals surface area contributed by atoms with E-state index in [0.29, 0.717) is 0 Å². The number of hydrogen-bond acceptors (Lipinski definition) is 3. The topological polar surface area (TPSA) is 42.4 Å². The van der Waals surface area contributed by atoms with Gasteiger partial charge < -0.3 is 10.2 Å². The molecule has 1 rings (SSSR count). The first-order valence-corrected chi connectivity index (χ1v) is 7.16. The summed E-state index contributed by atoms with van der Waals surface area (Å²) >= 11 is 0. The first-order chi connectivity index (χ1) is 8.63. The van der Waals surface area contributed by atoms with E-state index < -0.39 is 0 Å². The number of nitrogens with zero attached hydrogens (tertiary/aromatic N) is 1. The number of furan rings is 1. The van der Waals surface area contributed by atoms with Crippen molar-refractivity contribution in [3.63, 3.8) is 0 Å². The standard InChI is InChI=1S/C15H28N2O/c1-5-13(6-2)11-17(7-3)15(12(4)16)14-9-8-10-18-14/h8-10,12-13,15H,5-7,11,16H2,1-4H3. The third-order valence-electron chi connectivity index (χ3n) is 3.78. The van der Waals surface area contributed by atoms with Crippen LogP contribution in [0.1, 0.15) is 52.3 Å². The molecule has 0 spiro atoms. The zero-order valence-electron chi connectivity index (χ0n) is 12.2. The molecule has 0 aliphatic carbocycles. The fourth-order valence-electron chi connectivity index (χ4n) is 2.55. The van der Waals surface area contributed by atoms with Crippen LogP contribution in [0.4, 0.5) is 0 Å². The molecule has 0 aliphatic rings. The van der Waals surface area contributed by atoms with E-state index in [1.165, 1.54) is 12.8 Å². The van der Waals surface area contributed by atoms with Crippen molar-refractivity contribution in [1.82, 2.24) is 4.90 Å². The monoisotopic (exact) mass is 252 g/mol. The van der Waals surface area contributed by atoms with Crippen molar-refractivity contribution >= 4 is 0 Å². The summed E-state index contributed by atoms with van der Waals surface area (Å²) in [6.45, 7) is 10.9. The van der Waals surface area contributed by atoms with Crippen LogP contribution in [-0.4, -0.2) is 24.0 Å². The number of rotatable bonds is 8. The van der Waals surface area contributed by atoms with E-state index in [2.05, 4.69) is 32.6 Å². The van der Waals surface area contributed by atoms with E-state index in [1.807, 2.05) is 12.1 Å². The molecule has 18 heavy (non-hydrogen) atoms. The zero-order chi connectivity index (χ0) is 13.5. The van der Waals surface area contributed by atoms with E-state index in [9.17, 15) is 0 Å². The van der Waals surface area contributed by atoms with E-state index in [0.717, 1.165) is 24.8 Å². The second kappa shape index (κ2) is 7.59. The molecule has 1 aromatic heterocycles. The summed E-state index contributed by atoms with van der Waals surface area (Å²) in [4.78, 5) is 2.45. The van der Waals surface area contributed by atoms with Gasteiger partial charge in [0.2, 0.25) is 0 Å². The Morgan fingerprint density at radius 3 is 2.33 bits per heavy atom. The number of hydrogen-bond donors (Lipinski definition) is 1. The van der Waals surface area contributed by atoms with Crippen LogP contribution in [0, 0.1) is 5.92 Å². The highest BCUT2D eigenvalue weighted by molar-refractivity contribution is 5.07. The van der Waals surface area contributed by atoms with Crippen molar-refractivity contribution in [3.05, 3.63) is 24.2 Å². The molecular formula is C15H28N2O. The Bertz CT molecular complexity index is 304. The minimum absolute atomic E-state index is 0.0745. The smallest absolute Gasteiger partial charge is 0.122 e. The predicted octanol–water partition coefficient (Wildman–Crippen LogP) is 3.43. The molecule has 0 aliphatic heterocycles. The highest BCUT2D eigenvalue weighted by Gasteiger charge is 2.26. The summed E-state index contributed by atoms with van der Waals surface area (Å²) in [6.07, 6.45) is 4.17. The summed E-state index contributed by atoms with van der Waals surface area (Å²) in [5, 5.41) is 0. The van der Waals surface area contributed by atoms with Crippen LogP contribution in [0.3, 0.4) is 0 Å². The molecule has 3 heteroatoms. The molecule has 0 saturated carbocycles. The predicted molar refractivity (Wildman–Crippen MR) is 76.4 cm³/mol. The zero-order valence-corrected chi connectivity index (χ0v) is 12.2. The molecule has 0 aromatic carbocycles. The summed E-state index contributed by atoms with van der Waals surface area (Å²) in [7, 11) is 0. The van der Waals surface area contributed by atoms with Crippen LogP contribution in [0.15, 0.2) is 22.8 Å². The molecule has 2 unspecified atom stereocenters. The average molecular weight is 252 g/mol. The van der Waals surface area contributed by atoms with Crippen molar-refractivity contribution < 1.29 is 4.42 Å². The van der Waals surface area contributed by atoms with E-state index in [-0.39, 0.29) is 12.1 Å². The number of nitrogens with two attached hydrogens (primary N) is 1. The van der Waals surface area contributed by atoms with Crippen LogP contribution in [-0.2, 0) is 0 Å². The van der Waals surface area contributed by atoms with E-state index in [4.69, 9.17) is 10.2 Å². The number of likely N-dealkylation sites (N-methyl/N-ethyl adjacent to an activating group) is 1. The Hall–Kier alpha value is -0.800. The molecule has 0 bridgehead atoms. The highest BCUT2D eigenvalue weighted by Crippen LogP contribution is 2.25. The Balaban J connectivity index is 2.81. The summed E-state index contributed by atoms with van der Waals surface area (Å²) < 4.78 is 5.57. The quantitative estimate of drug-likeness (QED) is 0.771.